The summed E-state index contributed by atoms with van der Waals surface area (Å²) in [4.78, 5) is 22.5. The summed E-state index contributed by atoms with van der Waals surface area (Å²) in [7, 11) is 1.67. The number of aryl methyl sites for hydroxylation is 2. The molecule has 0 amide bonds. The molecule has 1 aromatic carbocycles. The number of thiophene rings is 1. The molecule has 3 heterocycles. The van der Waals surface area contributed by atoms with Crippen molar-refractivity contribution < 1.29 is 14.3 Å². The number of rotatable bonds is 8. The lowest BCUT2D eigenvalue weighted by Crippen LogP contribution is -2.14. The first kappa shape index (κ1) is 21.2. The molecule has 160 valence electrons. The third-order valence-electron chi connectivity index (χ3n) is 5.43. The molecule has 0 spiro atoms. The highest BCUT2D eigenvalue weighted by Gasteiger charge is 2.19. The van der Waals surface area contributed by atoms with E-state index in [1.165, 1.54) is 11.9 Å². The minimum atomic E-state index is -0.0795. The quantitative estimate of drug-likeness (QED) is 0.365. The summed E-state index contributed by atoms with van der Waals surface area (Å²) in [6.45, 7) is 7.23. The predicted molar refractivity (Wildman–Crippen MR) is 123 cm³/mol. The predicted octanol–water partition coefficient (Wildman–Crippen LogP) is 4.99. The van der Waals surface area contributed by atoms with Gasteiger partial charge in [-0.05, 0) is 32.4 Å². The normalized spacial score (nSPS) is 11.2. The Morgan fingerprint density at radius 1 is 1.13 bits per heavy atom. The summed E-state index contributed by atoms with van der Waals surface area (Å²) < 4.78 is 13.2. The number of ketones is 1. The van der Waals surface area contributed by atoms with Crippen LogP contribution in [0.25, 0.3) is 21.3 Å². The fraction of sp³-hybridized carbons (Fsp3) is 0.292. The van der Waals surface area contributed by atoms with E-state index in [-0.39, 0.29) is 12.4 Å². The van der Waals surface area contributed by atoms with Gasteiger partial charge in [0.25, 0.3) is 0 Å². The zero-order valence-electron chi connectivity index (χ0n) is 18.1. The molecule has 0 saturated carbocycles. The molecule has 7 heteroatoms. The van der Waals surface area contributed by atoms with E-state index in [0.717, 1.165) is 32.7 Å². The lowest BCUT2D eigenvalue weighted by molar-refractivity contribution is 0.0918. The Morgan fingerprint density at radius 3 is 2.65 bits per heavy atom. The Kier molecular flexibility index (Phi) is 6.15. The fourth-order valence-electron chi connectivity index (χ4n) is 3.72. The summed E-state index contributed by atoms with van der Waals surface area (Å²) in [6, 6.07) is 10.2. The number of carbonyl (C=O) groups excluding carboxylic acids is 1. The van der Waals surface area contributed by atoms with E-state index in [1.54, 1.807) is 18.4 Å². The van der Waals surface area contributed by atoms with Crippen molar-refractivity contribution in [1.29, 1.82) is 0 Å². The number of ether oxygens (including phenoxy) is 2. The van der Waals surface area contributed by atoms with Crippen molar-refractivity contribution in [3.8, 4) is 17.0 Å². The van der Waals surface area contributed by atoms with Gasteiger partial charge in [0.1, 0.15) is 11.2 Å². The van der Waals surface area contributed by atoms with Crippen molar-refractivity contribution in [1.82, 2.24) is 14.5 Å². The molecule has 31 heavy (non-hydrogen) atoms. The molecule has 0 radical (unpaired) electrons. The third-order valence-corrected chi connectivity index (χ3v) is 6.32. The fourth-order valence-corrected chi connectivity index (χ4v) is 4.63. The standard InChI is InChI=1S/C24H25N3O3S/c1-15-5-7-18(8-6-15)20-13-31-24-22(20)23(25-14-26-24)30-12-21(28)19-11-16(2)27(17(19)3)9-10-29-4/h5-8,11,13-14H,9-10,12H2,1-4H3. The topological polar surface area (TPSA) is 66.2 Å². The van der Waals surface area contributed by atoms with E-state index >= 15 is 0 Å². The molecule has 0 aliphatic heterocycles. The smallest absolute Gasteiger partial charge is 0.226 e. The van der Waals surface area contributed by atoms with E-state index in [2.05, 4.69) is 51.1 Å². The Bertz CT molecular complexity index is 1230. The average Bonchev–Trinajstić information content (AvgIpc) is 3.32. The highest BCUT2D eigenvalue weighted by molar-refractivity contribution is 7.17. The molecule has 0 fully saturated rings. The maximum absolute atomic E-state index is 12.9. The first-order valence-corrected chi connectivity index (χ1v) is 11.0. The molecular formula is C24H25N3O3S. The van der Waals surface area contributed by atoms with Crippen molar-refractivity contribution in [3.63, 3.8) is 0 Å². The molecule has 0 N–H and O–H groups in total. The molecule has 0 atom stereocenters. The molecule has 0 bridgehead atoms. The minimum Gasteiger partial charge on any atom is -0.469 e. The van der Waals surface area contributed by atoms with Crippen LogP contribution < -0.4 is 4.74 Å². The van der Waals surface area contributed by atoms with Crippen molar-refractivity contribution >= 4 is 27.3 Å². The van der Waals surface area contributed by atoms with Gasteiger partial charge in [0.05, 0.1) is 12.0 Å². The maximum Gasteiger partial charge on any atom is 0.226 e. The number of aromatic nitrogens is 3. The molecule has 4 aromatic rings. The molecule has 6 nitrogen and oxygen atoms in total. The van der Waals surface area contributed by atoms with E-state index in [1.807, 2.05) is 19.9 Å². The van der Waals surface area contributed by atoms with Crippen LogP contribution in [0.4, 0.5) is 0 Å². The molecular weight excluding hydrogens is 410 g/mol. The molecule has 3 aromatic heterocycles. The second-order valence-electron chi connectivity index (χ2n) is 7.52. The van der Waals surface area contributed by atoms with Gasteiger partial charge in [0.15, 0.2) is 6.61 Å². The largest absolute Gasteiger partial charge is 0.469 e. The van der Waals surface area contributed by atoms with Crippen LogP contribution in [-0.2, 0) is 11.3 Å². The van der Waals surface area contributed by atoms with Crippen LogP contribution in [0, 0.1) is 20.8 Å². The van der Waals surface area contributed by atoms with E-state index in [0.29, 0.717) is 24.6 Å². The van der Waals surface area contributed by atoms with Crippen molar-refractivity contribution in [2.75, 3.05) is 20.3 Å². The summed E-state index contributed by atoms with van der Waals surface area (Å²) in [5, 5.41) is 2.90. The van der Waals surface area contributed by atoms with Gasteiger partial charge in [0, 0.05) is 41.5 Å². The second kappa shape index (κ2) is 8.99. The maximum atomic E-state index is 12.9. The van der Waals surface area contributed by atoms with Crippen LogP contribution in [0.2, 0.25) is 0 Å². The van der Waals surface area contributed by atoms with Gasteiger partial charge in [-0.2, -0.15) is 0 Å². The first-order chi connectivity index (χ1) is 15.0. The van der Waals surface area contributed by atoms with Gasteiger partial charge >= 0.3 is 0 Å². The zero-order valence-corrected chi connectivity index (χ0v) is 19.0. The van der Waals surface area contributed by atoms with Gasteiger partial charge in [0.2, 0.25) is 11.7 Å². The van der Waals surface area contributed by atoms with E-state index < -0.39 is 0 Å². The van der Waals surface area contributed by atoms with Crippen molar-refractivity contribution in [2.45, 2.75) is 27.3 Å². The minimum absolute atomic E-state index is 0.0735. The van der Waals surface area contributed by atoms with Gasteiger partial charge in [-0.3, -0.25) is 4.79 Å². The van der Waals surface area contributed by atoms with E-state index in [9.17, 15) is 4.79 Å². The first-order valence-electron chi connectivity index (χ1n) is 10.1. The number of Topliss-reactive ketones (excluding diaryl/α,β-unsaturated/α-hetero) is 1. The van der Waals surface area contributed by atoms with Crippen LogP contribution >= 0.6 is 11.3 Å². The van der Waals surface area contributed by atoms with E-state index in [4.69, 9.17) is 9.47 Å². The Labute approximate surface area is 185 Å². The van der Waals surface area contributed by atoms with Gasteiger partial charge in [-0.1, -0.05) is 29.8 Å². The van der Waals surface area contributed by atoms with Crippen molar-refractivity contribution in [2.24, 2.45) is 0 Å². The molecule has 0 aliphatic carbocycles. The van der Waals surface area contributed by atoms with Crippen LogP contribution in [0.15, 0.2) is 42.0 Å². The number of nitrogens with zero attached hydrogens (tertiary/aromatic N) is 3. The number of methoxy groups -OCH3 is 1. The molecule has 0 unspecified atom stereocenters. The number of benzene rings is 1. The molecule has 0 saturated heterocycles. The van der Waals surface area contributed by atoms with Crippen LogP contribution in [-0.4, -0.2) is 40.6 Å². The highest BCUT2D eigenvalue weighted by atomic mass is 32.1. The Hall–Kier alpha value is -3.03. The number of hydrogen-bond acceptors (Lipinski definition) is 6. The zero-order chi connectivity index (χ0) is 22.0. The average molecular weight is 436 g/mol. The van der Waals surface area contributed by atoms with Gasteiger partial charge < -0.3 is 14.0 Å². The van der Waals surface area contributed by atoms with Crippen LogP contribution in [0.1, 0.15) is 27.3 Å². The molecule has 0 aliphatic rings. The summed E-state index contributed by atoms with van der Waals surface area (Å²) in [6.07, 6.45) is 1.48. The van der Waals surface area contributed by atoms with Crippen LogP contribution in [0.3, 0.4) is 0 Å². The highest BCUT2D eigenvalue weighted by Crippen LogP contribution is 2.37. The lowest BCUT2D eigenvalue weighted by Gasteiger charge is -2.10. The Morgan fingerprint density at radius 2 is 1.90 bits per heavy atom. The van der Waals surface area contributed by atoms with Gasteiger partial charge in [-0.25, -0.2) is 9.97 Å². The Balaban J connectivity index is 1.59. The second-order valence-corrected chi connectivity index (χ2v) is 8.37. The lowest BCUT2D eigenvalue weighted by atomic mass is 10.0. The SMILES string of the molecule is COCCn1c(C)cc(C(=O)COc2ncnc3scc(-c4ccc(C)cc4)c23)c1C. The van der Waals surface area contributed by atoms with Crippen molar-refractivity contribution in [3.05, 3.63) is 64.6 Å². The number of carbonyl (C=O) groups is 1. The third kappa shape index (κ3) is 4.24. The summed E-state index contributed by atoms with van der Waals surface area (Å²) in [5.74, 6) is 0.360. The summed E-state index contributed by atoms with van der Waals surface area (Å²) >= 11 is 1.54. The van der Waals surface area contributed by atoms with Crippen LogP contribution in [0.5, 0.6) is 5.88 Å². The summed E-state index contributed by atoms with van der Waals surface area (Å²) in [5.41, 5.74) is 5.91. The number of fused-ring (bicyclic) bond motifs is 1. The monoisotopic (exact) mass is 435 g/mol. The molecule has 4 rings (SSSR count). The number of hydrogen-bond donors (Lipinski definition) is 0. The van der Waals surface area contributed by atoms with Gasteiger partial charge in [-0.15, -0.1) is 11.3 Å².